The minimum atomic E-state index is -1.08. The van der Waals surface area contributed by atoms with E-state index in [-0.39, 0.29) is 18.9 Å². The number of carbonyl (C=O) groups excluding carboxylic acids is 4. The van der Waals surface area contributed by atoms with Crippen LogP contribution in [0.25, 0.3) is 0 Å². The Balaban J connectivity index is 1.69. The summed E-state index contributed by atoms with van der Waals surface area (Å²) in [5, 5.41) is 7.80. The number of hydrogen-bond donors (Lipinski definition) is 3. The highest BCUT2D eigenvalue weighted by atomic mass is 16.5. The van der Waals surface area contributed by atoms with Gasteiger partial charge in [0, 0.05) is 25.4 Å². The van der Waals surface area contributed by atoms with Crippen LogP contribution in [0.5, 0.6) is 0 Å². The number of amides is 3. The van der Waals surface area contributed by atoms with Crippen molar-refractivity contribution in [3.63, 3.8) is 0 Å². The van der Waals surface area contributed by atoms with Gasteiger partial charge in [-0.15, -0.1) is 0 Å². The molecule has 0 saturated carbocycles. The molecule has 3 amide bonds. The Labute approximate surface area is 192 Å². The number of nitrogens with one attached hydrogen (secondary N) is 3. The van der Waals surface area contributed by atoms with Crippen molar-refractivity contribution >= 4 is 23.7 Å². The van der Waals surface area contributed by atoms with Crippen LogP contribution in [0.15, 0.2) is 48.8 Å². The first-order valence-corrected chi connectivity index (χ1v) is 10.9. The van der Waals surface area contributed by atoms with Crippen LogP contribution in [0, 0.1) is 5.92 Å². The second-order valence-corrected chi connectivity index (χ2v) is 8.21. The molecule has 0 saturated heterocycles. The number of fused-ring (bicyclic) bond motifs is 1. The molecule has 0 spiro atoms. The molecule has 2 heterocycles. The smallest absolute Gasteiger partial charge is 0.408 e. The van der Waals surface area contributed by atoms with Crippen LogP contribution in [-0.2, 0) is 38.6 Å². The zero-order chi connectivity index (χ0) is 23.8. The van der Waals surface area contributed by atoms with E-state index < -0.39 is 35.8 Å². The molecule has 3 rings (SSSR count). The minimum Gasteiger partial charge on any atom is -0.445 e. The Hall–Kier alpha value is -3.75. The fourth-order valence-electron chi connectivity index (χ4n) is 3.56. The topological polar surface area (TPSA) is 126 Å². The molecule has 174 valence electrons. The third-order valence-corrected chi connectivity index (χ3v) is 5.40. The van der Waals surface area contributed by atoms with Crippen LogP contribution in [0.3, 0.4) is 0 Å². The molecule has 2 aromatic rings. The van der Waals surface area contributed by atoms with E-state index >= 15 is 0 Å². The van der Waals surface area contributed by atoms with Gasteiger partial charge in [-0.1, -0.05) is 44.2 Å². The molecule has 1 aromatic carbocycles. The largest absolute Gasteiger partial charge is 0.445 e. The molecule has 0 fully saturated rings. The molecule has 0 radical (unpaired) electrons. The average molecular weight is 453 g/mol. The SMILES string of the molecule is CC(C)C(NC(=O)OCc1ccccc1)C(=O)NC1Cc2cnccc2CCNC(=O)C1=O. The molecular weight excluding hydrogens is 424 g/mol. The number of ether oxygens (including phenoxy) is 1. The van der Waals surface area contributed by atoms with Crippen molar-refractivity contribution < 1.29 is 23.9 Å². The van der Waals surface area contributed by atoms with E-state index in [4.69, 9.17) is 4.74 Å². The standard InChI is InChI=1S/C24H28N4O5/c1-15(2)20(28-24(32)33-14-16-6-4-3-5-7-16)22(30)27-19-12-18-13-25-10-8-17(18)9-11-26-23(31)21(19)29/h3-8,10,13,15,19-20H,9,11-12,14H2,1-2H3,(H,26,31)(H,27,30)(H,28,32). The van der Waals surface area contributed by atoms with Gasteiger partial charge in [-0.3, -0.25) is 19.4 Å². The van der Waals surface area contributed by atoms with Gasteiger partial charge in [-0.2, -0.15) is 0 Å². The van der Waals surface area contributed by atoms with Crippen LogP contribution >= 0.6 is 0 Å². The molecule has 33 heavy (non-hydrogen) atoms. The van der Waals surface area contributed by atoms with E-state index in [0.29, 0.717) is 13.0 Å². The van der Waals surface area contributed by atoms with Crippen molar-refractivity contribution in [2.75, 3.05) is 6.54 Å². The number of carbonyl (C=O) groups is 4. The van der Waals surface area contributed by atoms with Crippen molar-refractivity contribution in [1.29, 1.82) is 0 Å². The number of rotatable bonds is 6. The maximum atomic E-state index is 13.0. The molecule has 2 unspecified atom stereocenters. The highest BCUT2D eigenvalue weighted by molar-refractivity contribution is 6.38. The summed E-state index contributed by atoms with van der Waals surface area (Å²) in [6.45, 7) is 3.90. The van der Waals surface area contributed by atoms with Gasteiger partial charge in [-0.05, 0) is 35.1 Å². The van der Waals surface area contributed by atoms with E-state index in [1.807, 2.05) is 36.4 Å². The number of ketones is 1. The van der Waals surface area contributed by atoms with Crippen LogP contribution < -0.4 is 16.0 Å². The van der Waals surface area contributed by atoms with E-state index in [2.05, 4.69) is 20.9 Å². The predicted octanol–water partition coefficient (Wildman–Crippen LogP) is 1.30. The van der Waals surface area contributed by atoms with E-state index in [0.717, 1.165) is 16.7 Å². The van der Waals surface area contributed by atoms with Crippen LogP contribution in [0.1, 0.15) is 30.5 Å². The lowest BCUT2D eigenvalue weighted by molar-refractivity contribution is -0.140. The summed E-state index contributed by atoms with van der Waals surface area (Å²) in [6, 6.07) is 8.96. The van der Waals surface area contributed by atoms with Gasteiger partial charge in [0.15, 0.2) is 0 Å². The summed E-state index contributed by atoms with van der Waals surface area (Å²) in [5.74, 6) is -2.35. The fourth-order valence-corrected chi connectivity index (χ4v) is 3.56. The lowest BCUT2D eigenvalue weighted by Crippen LogP contribution is -2.56. The number of Topliss-reactive ketones (excluding diaryl/α,β-unsaturated/α-hetero) is 1. The van der Waals surface area contributed by atoms with Crippen molar-refractivity contribution in [2.24, 2.45) is 5.92 Å². The molecule has 1 aromatic heterocycles. The van der Waals surface area contributed by atoms with Gasteiger partial charge >= 0.3 is 6.09 Å². The van der Waals surface area contributed by atoms with E-state index in [9.17, 15) is 19.2 Å². The number of alkyl carbamates (subject to hydrolysis) is 1. The highest BCUT2D eigenvalue weighted by Crippen LogP contribution is 2.13. The molecule has 0 aliphatic carbocycles. The first-order chi connectivity index (χ1) is 15.8. The van der Waals surface area contributed by atoms with Gasteiger partial charge in [0.1, 0.15) is 18.7 Å². The number of nitrogens with zero attached hydrogens (tertiary/aromatic N) is 1. The lowest BCUT2D eigenvalue weighted by Gasteiger charge is -2.24. The second kappa shape index (κ2) is 11.2. The van der Waals surface area contributed by atoms with Gasteiger partial charge in [0.25, 0.3) is 5.91 Å². The third-order valence-electron chi connectivity index (χ3n) is 5.40. The Morgan fingerprint density at radius 3 is 2.64 bits per heavy atom. The summed E-state index contributed by atoms with van der Waals surface area (Å²) < 4.78 is 5.22. The molecule has 9 nitrogen and oxygen atoms in total. The summed E-state index contributed by atoms with van der Waals surface area (Å²) in [5.41, 5.74) is 2.54. The third kappa shape index (κ3) is 6.61. The molecule has 2 atom stereocenters. The van der Waals surface area contributed by atoms with Crippen molar-refractivity contribution in [2.45, 2.75) is 45.4 Å². The highest BCUT2D eigenvalue weighted by Gasteiger charge is 2.33. The fraction of sp³-hybridized carbons (Fsp3) is 0.375. The van der Waals surface area contributed by atoms with Crippen LogP contribution in [0.2, 0.25) is 0 Å². The molecule has 9 heteroatoms. The normalized spacial score (nSPS) is 17.0. The quantitative estimate of drug-likeness (QED) is 0.567. The molecular formula is C24H28N4O5. The molecule has 1 aliphatic rings. The summed E-state index contributed by atoms with van der Waals surface area (Å²) >= 11 is 0. The monoisotopic (exact) mass is 452 g/mol. The lowest BCUT2D eigenvalue weighted by atomic mass is 9.97. The van der Waals surface area contributed by atoms with E-state index in [1.54, 1.807) is 26.2 Å². The van der Waals surface area contributed by atoms with Gasteiger partial charge in [0.05, 0.1) is 0 Å². The van der Waals surface area contributed by atoms with Crippen LogP contribution in [0.4, 0.5) is 4.79 Å². The number of hydrogen-bond acceptors (Lipinski definition) is 6. The summed E-state index contributed by atoms with van der Waals surface area (Å²) in [7, 11) is 0. The Kier molecular flexibility index (Phi) is 8.12. The first-order valence-electron chi connectivity index (χ1n) is 10.9. The Bertz CT molecular complexity index is 1010. The van der Waals surface area contributed by atoms with E-state index in [1.165, 1.54) is 0 Å². The van der Waals surface area contributed by atoms with Crippen molar-refractivity contribution in [3.05, 3.63) is 65.5 Å². The minimum absolute atomic E-state index is 0.0597. The first kappa shape index (κ1) is 23.9. The average Bonchev–Trinajstić information content (AvgIpc) is 2.86. The molecule has 0 bridgehead atoms. The predicted molar refractivity (Wildman–Crippen MR) is 120 cm³/mol. The number of aromatic nitrogens is 1. The summed E-state index contributed by atoms with van der Waals surface area (Å²) in [6.07, 6.45) is 3.22. The summed E-state index contributed by atoms with van der Waals surface area (Å²) in [4.78, 5) is 54.4. The van der Waals surface area contributed by atoms with Gasteiger partial charge < -0.3 is 20.7 Å². The zero-order valence-corrected chi connectivity index (χ0v) is 18.7. The number of benzene rings is 1. The second-order valence-electron chi connectivity index (χ2n) is 8.21. The molecule has 3 N–H and O–H groups in total. The number of pyridine rings is 1. The van der Waals surface area contributed by atoms with Gasteiger partial charge in [0.2, 0.25) is 11.7 Å². The van der Waals surface area contributed by atoms with Crippen molar-refractivity contribution in [3.8, 4) is 0 Å². The van der Waals surface area contributed by atoms with Gasteiger partial charge in [-0.25, -0.2) is 4.79 Å². The maximum Gasteiger partial charge on any atom is 0.408 e. The Morgan fingerprint density at radius 2 is 1.91 bits per heavy atom. The van der Waals surface area contributed by atoms with Crippen LogP contribution in [-0.4, -0.2) is 47.3 Å². The maximum absolute atomic E-state index is 13.0. The Morgan fingerprint density at radius 1 is 1.15 bits per heavy atom. The van der Waals surface area contributed by atoms with Crippen molar-refractivity contribution in [1.82, 2.24) is 20.9 Å². The molecule has 1 aliphatic heterocycles. The zero-order valence-electron chi connectivity index (χ0n) is 18.7.